The van der Waals surface area contributed by atoms with Gasteiger partial charge in [-0.05, 0) is 126 Å². The van der Waals surface area contributed by atoms with Crippen molar-refractivity contribution in [1.82, 2.24) is 45.3 Å². The standard InChI is InChI=1S/C58H91N11O6/c1-9-67-49-16-15-43(30-46(49)48(32-57(5,6)18-13-28-70)54(67)47-31-45(35-60-51(47)42(4)74-8)65-25-23-63(7)24-26-65)64(27-29-71)22-17-50(66-36-58(37-66)38-75-39-58)52(56(73)69-21-11-10-19-61-69)62-55(72)53-41(3)40(2)33-59-34-44-14-12-20-68(44)53/h15-16,28,30-31,35,40-42,44,50,52-53,59,61,71H,9-14,17-27,29,32-34,36-39H2,1-8H3,(H,62,72)/t40?,41?,42-,44-,50+,52-,53-/m0/s1. The highest BCUT2D eigenvalue weighted by Crippen LogP contribution is 2.44. The third-order valence-corrected chi connectivity index (χ3v) is 18.2. The normalized spacial score (nSPS) is 25.0. The van der Waals surface area contributed by atoms with Crippen LogP contribution in [-0.2, 0) is 36.8 Å². The Kier molecular flexibility index (Phi) is 17.9. The number of likely N-dealkylation sites (tertiary alicyclic amines) is 1. The van der Waals surface area contributed by atoms with Gasteiger partial charge in [0, 0.05) is 132 Å². The third-order valence-electron chi connectivity index (χ3n) is 18.2. The summed E-state index contributed by atoms with van der Waals surface area (Å²) in [5.74, 6) is 0.243. The number of hydrogen-bond acceptors (Lipinski definition) is 14. The number of aliphatic hydroxyl groups is 1. The number of aromatic nitrogens is 2. The average Bonchev–Trinajstić information content (AvgIpc) is 3.97. The molecule has 4 N–H and O–H groups in total. The van der Waals surface area contributed by atoms with Gasteiger partial charge in [-0.1, -0.05) is 27.7 Å². The molecule has 17 nitrogen and oxygen atoms in total. The van der Waals surface area contributed by atoms with Crippen LogP contribution in [0.3, 0.4) is 0 Å². The van der Waals surface area contributed by atoms with Crippen LogP contribution in [0.4, 0.5) is 11.4 Å². The van der Waals surface area contributed by atoms with Crippen molar-refractivity contribution in [3.63, 3.8) is 0 Å². The molecule has 9 rings (SSSR count). The number of ether oxygens (including phenoxy) is 2. The maximum atomic E-state index is 15.2. The maximum Gasteiger partial charge on any atom is 0.260 e. The molecule has 17 heteroatoms. The van der Waals surface area contributed by atoms with Crippen LogP contribution in [0.1, 0.15) is 104 Å². The minimum Gasteiger partial charge on any atom is -0.395 e. The Bertz CT molecular complexity index is 2420. The van der Waals surface area contributed by atoms with Crippen molar-refractivity contribution in [1.29, 1.82) is 0 Å². The molecule has 0 saturated carbocycles. The van der Waals surface area contributed by atoms with Crippen molar-refractivity contribution >= 4 is 40.4 Å². The fourth-order valence-corrected chi connectivity index (χ4v) is 13.4. The number of aryl methyl sites for hydroxylation is 1. The number of amides is 2. The number of fused-ring (bicyclic) bond motifs is 2. The Morgan fingerprint density at radius 2 is 1.84 bits per heavy atom. The van der Waals surface area contributed by atoms with Crippen LogP contribution >= 0.6 is 0 Å². The number of pyridine rings is 1. The quantitative estimate of drug-likeness (QED) is 0.106. The number of carbonyl (C=O) groups excluding carboxylic acids is 3. The van der Waals surface area contributed by atoms with Crippen LogP contribution in [0, 0.1) is 22.7 Å². The lowest BCUT2D eigenvalue weighted by Gasteiger charge is -2.58. The molecule has 2 unspecified atom stereocenters. The number of aliphatic hydroxyl groups excluding tert-OH is 1. The Labute approximate surface area is 447 Å². The molecule has 0 aliphatic carbocycles. The van der Waals surface area contributed by atoms with E-state index in [1.54, 1.807) is 12.1 Å². The van der Waals surface area contributed by atoms with Crippen LogP contribution in [0.2, 0.25) is 0 Å². The topological polar surface area (TPSA) is 163 Å². The molecule has 7 atom stereocenters. The number of nitrogens with one attached hydrogen (secondary N) is 3. The highest BCUT2D eigenvalue weighted by Gasteiger charge is 2.54. The Hall–Kier alpha value is -4.20. The zero-order chi connectivity index (χ0) is 53.0. The van der Waals surface area contributed by atoms with Gasteiger partial charge < -0.3 is 49.3 Å². The van der Waals surface area contributed by atoms with Crippen LogP contribution < -0.4 is 25.9 Å². The highest BCUT2D eigenvalue weighted by atomic mass is 16.5. The lowest BCUT2D eigenvalue weighted by Crippen LogP contribution is -2.73. The van der Waals surface area contributed by atoms with Gasteiger partial charge in [-0.25, -0.2) is 5.43 Å². The maximum absolute atomic E-state index is 15.2. The molecule has 3 aromatic rings. The number of anilines is 2. The molecule has 6 aliphatic heterocycles. The number of methoxy groups -OCH3 is 1. The van der Waals surface area contributed by atoms with Gasteiger partial charge in [-0.15, -0.1) is 0 Å². The molecule has 6 fully saturated rings. The van der Waals surface area contributed by atoms with Crippen molar-refractivity contribution in [2.45, 2.75) is 130 Å². The van der Waals surface area contributed by atoms with E-state index in [1.807, 2.05) is 6.20 Å². The van der Waals surface area contributed by atoms with E-state index >= 15 is 9.59 Å². The first kappa shape index (κ1) is 55.6. The largest absolute Gasteiger partial charge is 0.395 e. The summed E-state index contributed by atoms with van der Waals surface area (Å²) in [5.41, 5.74) is 10.8. The number of piperazine rings is 1. The van der Waals surface area contributed by atoms with Gasteiger partial charge in [-0.3, -0.25) is 29.4 Å². The fraction of sp³-hybridized carbons (Fsp3) is 0.724. The molecule has 1 aromatic carbocycles. The predicted octanol–water partition coefficient (Wildman–Crippen LogP) is 4.94. The lowest BCUT2D eigenvalue weighted by atomic mass is 9.76. The van der Waals surface area contributed by atoms with E-state index < -0.39 is 6.04 Å². The van der Waals surface area contributed by atoms with E-state index in [-0.39, 0.29) is 65.3 Å². The summed E-state index contributed by atoms with van der Waals surface area (Å²) in [4.78, 5) is 59.4. The Morgan fingerprint density at radius 3 is 2.52 bits per heavy atom. The van der Waals surface area contributed by atoms with Crippen LogP contribution in [-0.4, -0.2) is 196 Å². The molecule has 6 saturated heterocycles. The van der Waals surface area contributed by atoms with Crippen molar-refractivity contribution in [3.8, 4) is 11.3 Å². The van der Waals surface area contributed by atoms with Crippen molar-refractivity contribution < 1.29 is 29.0 Å². The molecular formula is C58H91N11O6. The zero-order valence-corrected chi connectivity index (χ0v) is 46.7. The average molecular weight is 1040 g/mol. The summed E-state index contributed by atoms with van der Waals surface area (Å²) >= 11 is 0. The lowest BCUT2D eigenvalue weighted by molar-refractivity contribution is -0.202. The monoisotopic (exact) mass is 1040 g/mol. The van der Waals surface area contributed by atoms with Crippen molar-refractivity contribution in [2.24, 2.45) is 22.7 Å². The summed E-state index contributed by atoms with van der Waals surface area (Å²) in [6.45, 7) is 25.6. The minimum absolute atomic E-state index is 0.0458. The summed E-state index contributed by atoms with van der Waals surface area (Å²) in [5, 5.41) is 21.0. The highest BCUT2D eigenvalue weighted by molar-refractivity contribution is 5.95. The first-order valence-electron chi connectivity index (χ1n) is 28.7. The molecule has 2 aromatic heterocycles. The SMILES string of the molecule is CCn1c(-c2cc(N3CCN(C)CC3)cnc2[C@H](C)OC)c(CC(C)(C)CCC=O)c2cc(N(CCO)CC[C@H]([C@H](NC(=O)[C@@H]3C(C)C(C)CNC[C@@H]4CCCN43)C(=O)N3CCCCN3)N3CC4(COC4)C3)ccc21. The van der Waals surface area contributed by atoms with E-state index in [0.29, 0.717) is 45.7 Å². The van der Waals surface area contributed by atoms with E-state index in [4.69, 9.17) is 14.5 Å². The molecule has 1 spiro atoms. The van der Waals surface area contributed by atoms with Gasteiger partial charge in [-0.2, -0.15) is 0 Å². The van der Waals surface area contributed by atoms with Crippen LogP contribution in [0.15, 0.2) is 30.5 Å². The number of carbonyl (C=O) groups is 3. The van der Waals surface area contributed by atoms with E-state index in [0.717, 1.165) is 156 Å². The Balaban J connectivity index is 1.10. The number of benzene rings is 1. The minimum atomic E-state index is -0.785. The number of rotatable bonds is 21. The van der Waals surface area contributed by atoms with Gasteiger partial charge in [0.05, 0.1) is 55.2 Å². The molecular weight excluding hydrogens is 947 g/mol. The van der Waals surface area contributed by atoms with Gasteiger partial charge >= 0.3 is 0 Å². The van der Waals surface area contributed by atoms with E-state index in [2.05, 4.69) is 118 Å². The van der Waals surface area contributed by atoms with Gasteiger partial charge in [0.15, 0.2) is 0 Å². The summed E-state index contributed by atoms with van der Waals surface area (Å²) in [6.07, 6.45) is 9.35. The number of nitrogens with zero attached hydrogens (tertiary/aromatic N) is 8. The second kappa shape index (κ2) is 24.2. The third kappa shape index (κ3) is 12.0. The van der Waals surface area contributed by atoms with Gasteiger partial charge in [0.2, 0.25) is 5.91 Å². The number of hydrazine groups is 1. The van der Waals surface area contributed by atoms with Gasteiger partial charge in [0.25, 0.3) is 5.91 Å². The summed E-state index contributed by atoms with van der Waals surface area (Å²) in [6, 6.07) is 7.92. The second-order valence-corrected chi connectivity index (χ2v) is 24.1. The van der Waals surface area contributed by atoms with Crippen molar-refractivity contribution in [2.75, 3.05) is 129 Å². The number of hydrogen-bond donors (Lipinski definition) is 4. The molecule has 75 heavy (non-hydrogen) atoms. The first-order chi connectivity index (χ1) is 36.2. The molecule has 0 radical (unpaired) electrons. The second-order valence-electron chi connectivity index (χ2n) is 24.1. The van der Waals surface area contributed by atoms with Crippen LogP contribution in [0.25, 0.3) is 22.2 Å². The first-order valence-corrected chi connectivity index (χ1v) is 28.7. The van der Waals surface area contributed by atoms with E-state index in [9.17, 15) is 9.90 Å². The summed E-state index contributed by atoms with van der Waals surface area (Å²) < 4.78 is 14.2. The smallest absolute Gasteiger partial charge is 0.260 e. The molecule has 414 valence electrons. The number of aldehydes is 1. The fourth-order valence-electron chi connectivity index (χ4n) is 13.4. The van der Waals surface area contributed by atoms with Gasteiger partial charge in [0.1, 0.15) is 12.3 Å². The molecule has 6 aliphatic rings. The van der Waals surface area contributed by atoms with Crippen LogP contribution in [0.5, 0.6) is 0 Å². The number of likely N-dealkylation sites (N-methyl/N-ethyl adjacent to an activating group) is 1. The predicted molar refractivity (Wildman–Crippen MR) is 297 cm³/mol. The molecule has 8 heterocycles. The molecule has 0 bridgehead atoms. The summed E-state index contributed by atoms with van der Waals surface area (Å²) in [7, 11) is 3.92. The van der Waals surface area contributed by atoms with E-state index in [1.165, 1.54) is 5.56 Å². The molecule has 2 amide bonds. The zero-order valence-electron chi connectivity index (χ0n) is 46.7. The van der Waals surface area contributed by atoms with Crippen molar-refractivity contribution in [3.05, 3.63) is 41.7 Å². The Morgan fingerprint density at radius 1 is 1.05 bits per heavy atom.